The van der Waals surface area contributed by atoms with E-state index in [4.69, 9.17) is 10.5 Å². The first-order valence-corrected chi connectivity index (χ1v) is 7.09. The van der Waals surface area contributed by atoms with Gasteiger partial charge in [0, 0.05) is 11.4 Å². The van der Waals surface area contributed by atoms with Crippen molar-refractivity contribution in [3.8, 4) is 5.75 Å². The molecule has 0 aliphatic carbocycles. The van der Waals surface area contributed by atoms with E-state index in [1.807, 2.05) is 12.1 Å². The highest BCUT2D eigenvalue weighted by atomic mass is 35.5. The van der Waals surface area contributed by atoms with Crippen molar-refractivity contribution in [3.63, 3.8) is 0 Å². The summed E-state index contributed by atoms with van der Waals surface area (Å²) in [7, 11) is 1.71. The normalized spacial score (nSPS) is 11.9. The van der Waals surface area contributed by atoms with Gasteiger partial charge in [-0.1, -0.05) is 56.5 Å². The Bertz CT molecular complexity index is 542. The van der Waals surface area contributed by atoms with Gasteiger partial charge in [0.15, 0.2) is 0 Å². The van der Waals surface area contributed by atoms with Crippen LogP contribution in [0.2, 0.25) is 0 Å². The fourth-order valence-electron chi connectivity index (χ4n) is 2.57. The van der Waals surface area contributed by atoms with Crippen molar-refractivity contribution in [2.75, 3.05) is 7.11 Å². The number of rotatable bonds is 6. The van der Waals surface area contributed by atoms with Gasteiger partial charge in [-0.05, 0) is 23.4 Å². The van der Waals surface area contributed by atoms with Crippen molar-refractivity contribution in [3.05, 3.63) is 42.0 Å². The third-order valence-corrected chi connectivity index (χ3v) is 3.66. The summed E-state index contributed by atoms with van der Waals surface area (Å²) in [6, 6.07) is 12.6. The summed E-state index contributed by atoms with van der Waals surface area (Å²) >= 11 is 0. The summed E-state index contributed by atoms with van der Waals surface area (Å²) in [6.45, 7) is 2.22. The molecule has 2 rings (SSSR count). The van der Waals surface area contributed by atoms with Crippen molar-refractivity contribution in [2.45, 2.75) is 38.6 Å². The average Bonchev–Trinajstić information content (AvgIpc) is 2.46. The van der Waals surface area contributed by atoms with Crippen LogP contribution in [0.25, 0.3) is 10.8 Å². The average molecular weight is 294 g/mol. The zero-order valence-electron chi connectivity index (χ0n) is 12.3. The maximum Gasteiger partial charge on any atom is 0.126 e. The lowest BCUT2D eigenvalue weighted by atomic mass is 9.95. The van der Waals surface area contributed by atoms with Gasteiger partial charge in [0.05, 0.1) is 7.11 Å². The maximum absolute atomic E-state index is 6.35. The number of nitrogens with two attached hydrogens (primary N) is 1. The largest absolute Gasteiger partial charge is 0.496 e. The van der Waals surface area contributed by atoms with E-state index >= 15 is 0 Å². The molecule has 3 heteroatoms. The van der Waals surface area contributed by atoms with Crippen molar-refractivity contribution in [2.24, 2.45) is 5.73 Å². The number of halogens is 1. The van der Waals surface area contributed by atoms with Gasteiger partial charge in [-0.2, -0.15) is 0 Å². The van der Waals surface area contributed by atoms with E-state index in [1.165, 1.54) is 30.2 Å². The topological polar surface area (TPSA) is 35.2 Å². The molecule has 0 spiro atoms. The standard InChI is InChI=1S/C17H23NO.ClH/c1-3-4-5-10-16(18)14-11-12-17(19-2)15-9-7-6-8-13(14)15;/h6-9,11-12,16H,3-5,10,18H2,1-2H3;1H/t16-;/m1./s1. The number of methoxy groups -OCH3 is 1. The second-order valence-corrected chi connectivity index (χ2v) is 5.00. The monoisotopic (exact) mass is 293 g/mol. The van der Waals surface area contributed by atoms with Crippen LogP contribution in [0.3, 0.4) is 0 Å². The van der Waals surface area contributed by atoms with Gasteiger partial charge in [0.2, 0.25) is 0 Å². The molecule has 2 N–H and O–H groups in total. The number of unbranched alkanes of at least 4 members (excludes halogenated alkanes) is 2. The molecule has 0 aliphatic rings. The first kappa shape index (κ1) is 16.8. The van der Waals surface area contributed by atoms with Crippen LogP contribution in [-0.2, 0) is 0 Å². The molecule has 0 aliphatic heterocycles. The molecular formula is C17H24ClNO. The van der Waals surface area contributed by atoms with E-state index in [2.05, 4.69) is 31.2 Å². The molecule has 0 saturated carbocycles. The molecule has 0 fully saturated rings. The number of hydrogen-bond acceptors (Lipinski definition) is 2. The van der Waals surface area contributed by atoms with Crippen LogP contribution < -0.4 is 10.5 Å². The summed E-state index contributed by atoms with van der Waals surface area (Å²) in [5.41, 5.74) is 7.58. The zero-order valence-corrected chi connectivity index (χ0v) is 13.1. The number of fused-ring (bicyclic) bond motifs is 1. The van der Waals surface area contributed by atoms with E-state index < -0.39 is 0 Å². The smallest absolute Gasteiger partial charge is 0.126 e. The minimum absolute atomic E-state index is 0. The van der Waals surface area contributed by atoms with Crippen molar-refractivity contribution in [1.82, 2.24) is 0 Å². The summed E-state index contributed by atoms with van der Waals surface area (Å²) in [5, 5.41) is 2.36. The maximum atomic E-state index is 6.35. The van der Waals surface area contributed by atoms with Gasteiger partial charge in [0.1, 0.15) is 5.75 Å². The van der Waals surface area contributed by atoms with E-state index in [0.717, 1.165) is 17.6 Å². The Hall–Kier alpha value is -1.25. The first-order chi connectivity index (χ1) is 9.27. The Balaban J connectivity index is 0.00000200. The molecule has 0 saturated heterocycles. The Morgan fingerprint density at radius 3 is 2.40 bits per heavy atom. The van der Waals surface area contributed by atoms with E-state index in [9.17, 15) is 0 Å². The Morgan fingerprint density at radius 1 is 1.05 bits per heavy atom. The van der Waals surface area contributed by atoms with Gasteiger partial charge in [0.25, 0.3) is 0 Å². The Labute approximate surface area is 127 Å². The number of ether oxygens (including phenoxy) is 1. The van der Waals surface area contributed by atoms with Crippen LogP contribution in [-0.4, -0.2) is 7.11 Å². The van der Waals surface area contributed by atoms with Gasteiger partial charge in [-0.3, -0.25) is 0 Å². The van der Waals surface area contributed by atoms with Crippen molar-refractivity contribution < 1.29 is 4.74 Å². The number of benzene rings is 2. The summed E-state index contributed by atoms with van der Waals surface area (Å²) in [4.78, 5) is 0. The molecule has 0 bridgehead atoms. The highest BCUT2D eigenvalue weighted by Gasteiger charge is 2.11. The summed E-state index contributed by atoms with van der Waals surface area (Å²) in [6.07, 6.45) is 4.72. The minimum atomic E-state index is 0. The molecule has 2 aromatic carbocycles. The van der Waals surface area contributed by atoms with Crippen LogP contribution in [0, 0.1) is 0 Å². The van der Waals surface area contributed by atoms with E-state index in [-0.39, 0.29) is 18.4 Å². The third-order valence-electron chi connectivity index (χ3n) is 3.66. The number of hydrogen-bond donors (Lipinski definition) is 1. The fraction of sp³-hybridized carbons (Fsp3) is 0.412. The second-order valence-electron chi connectivity index (χ2n) is 5.00. The highest BCUT2D eigenvalue weighted by Crippen LogP contribution is 2.32. The van der Waals surface area contributed by atoms with Gasteiger partial charge >= 0.3 is 0 Å². The highest BCUT2D eigenvalue weighted by molar-refractivity contribution is 5.91. The first-order valence-electron chi connectivity index (χ1n) is 7.09. The lowest BCUT2D eigenvalue weighted by molar-refractivity contribution is 0.419. The van der Waals surface area contributed by atoms with Gasteiger partial charge in [-0.25, -0.2) is 0 Å². The van der Waals surface area contributed by atoms with Crippen molar-refractivity contribution >= 4 is 23.2 Å². The van der Waals surface area contributed by atoms with Crippen LogP contribution >= 0.6 is 12.4 Å². The second kappa shape index (κ2) is 8.13. The van der Waals surface area contributed by atoms with Crippen LogP contribution in [0.4, 0.5) is 0 Å². The van der Waals surface area contributed by atoms with E-state index in [0.29, 0.717) is 0 Å². The van der Waals surface area contributed by atoms with Crippen LogP contribution in [0.5, 0.6) is 5.75 Å². The van der Waals surface area contributed by atoms with Crippen LogP contribution in [0.15, 0.2) is 36.4 Å². The molecule has 2 aromatic rings. The Kier molecular flexibility index (Phi) is 6.83. The molecule has 0 heterocycles. The Morgan fingerprint density at radius 2 is 1.75 bits per heavy atom. The molecular weight excluding hydrogens is 270 g/mol. The lowest BCUT2D eigenvalue weighted by Crippen LogP contribution is -2.10. The predicted octanol–water partition coefficient (Wildman–Crippen LogP) is 4.85. The third kappa shape index (κ3) is 3.65. The lowest BCUT2D eigenvalue weighted by Gasteiger charge is -2.16. The summed E-state index contributed by atoms with van der Waals surface area (Å²) < 4.78 is 5.42. The minimum Gasteiger partial charge on any atom is -0.496 e. The van der Waals surface area contributed by atoms with Crippen LogP contribution in [0.1, 0.15) is 44.2 Å². The molecule has 1 atom stereocenters. The zero-order chi connectivity index (χ0) is 13.7. The molecule has 20 heavy (non-hydrogen) atoms. The van der Waals surface area contributed by atoms with Gasteiger partial charge in [-0.15, -0.1) is 12.4 Å². The molecule has 2 nitrogen and oxygen atoms in total. The fourth-order valence-corrected chi connectivity index (χ4v) is 2.57. The van der Waals surface area contributed by atoms with Crippen molar-refractivity contribution in [1.29, 1.82) is 0 Å². The van der Waals surface area contributed by atoms with E-state index in [1.54, 1.807) is 7.11 Å². The molecule has 0 aromatic heterocycles. The molecule has 0 radical (unpaired) electrons. The molecule has 0 amide bonds. The summed E-state index contributed by atoms with van der Waals surface area (Å²) in [5.74, 6) is 0.917. The predicted molar refractivity (Wildman–Crippen MR) is 88.8 cm³/mol. The van der Waals surface area contributed by atoms with Gasteiger partial charge < -0.3 is 10.5 Å². The quantitative estimate of drug-likeness (QED) is 0.773. The molecule has 110 valence electrons. The SMILES string of the molecule is CCCCC[C@@H](N)c1ccc(OC)c2ccccc12.Cl. The molecule has 0 unspecified atom stereocenters.